The third kappa shape index (κ3) is 5.30. The Morgan fingerprint density at radius 2 is 2.21 bits per heavy atom. The summed E-state index contributed by atoms with van der Waals surface area (Å²) < 4.78 is 5.33. The van der Waals surface area contributed by atoms with Crippen molar-refractivity contribution in [3.8, 4) is 5.75 Å². The maximum Gasteiger partial charge on any atom is 0.221 e. The van der Waals surface area contributed by atoms with Crippen LogP contribution in [0.15, 0.2) is 18.2 Å². The summed E-state index contributed by atoms with van der Waals surface area (Å²) in [6, 6.07) is 6.09. The molecule has 0 aromatic heterocycles. The number of amides is 1. The second-order valence-electron chi connectivity index (χ2n) is 4.78. The summed E-state index contributed by atoms with van der Waals surface area (Å²) in [5.74, 6) is 0.874. The van der Waals surface area contributed by atoms with E-state index in [2.05, 4.69) is 24.4 Å². The first kappa shape index (κ1) is 15.5. The molecule has 0 aliphatic heterocycles. The Bertz CT molecular complexity index is 417. The molecule has 0 fully saturated rings. The van der Waals surface area contributed by atoms with E-state index in [-0.39, 0.29) is 11.9 Å². The van der Waals surface area contributed by atoms with Crippen LogP contribution in [-0.4, -0.2) is 25.6 Å². The summed E-state index contributed by atoms with van der Waals surface area (Å²) in [5, 5.41) is 2.88. The number of carbonyl (C=O) groups excluding carboxylic acids is 1. The minimum atomic E-state index is -0.0991. The molecule has 0 radical (unpaired) electrons. The van der Waals surface area contributed by atoms with E-state index in [4.69, 9.17) is 10.5 Å². The van der Waals surface area contributed by atoms with Crippen LogP contribution in [0.25, 0.3) is 0 Å². The van der Waals surface area contributed by atoms with Gasteiger partial charge in [-0.15, -0.1) is 0 Å². The van der Waals surface area contributed by atoms with Gasteiger partial charge in [-0.3, -0.25) is 4.79 Å². The van der Waals surface area contributed by atoms with Crippen molar-refractivity contribution in [2.75, 3.05) is 13.7 Å². The molecule has 0 spiro atoms. The molecule has 106 valence electrons. The molecule has 1 rings (SSSR count). The van der Waals surface area contributed by atoms with Gasteiger partial charge in [-0.2, -0.15) is 0 Å². The van der Waals surface area contributed by atoms with Crippen molar-refractivity contribution < 1.29 is 9.53 Å². The number of nitrogens with two attached hydrogens (primary N) is 1. The Hall–Kier alpha value is -1.55. The van der Waals surface area contributed by atoms with Crippen LogP contribution in [0.4, 0.5) is 0 Å². The number of hydrogen-bond acceptors (Lipinski definition) is 3. The van der Waals surface area contributed by atoms with E-state index < -0.39 is 0 Å². The molecule has 1 aromatic carbocycles. The molecule has 0 saturated carbocycles. The lowest BCUT2D eigenvalue weighted by molar-refractivity contribution is -0.121. The second kappa shape index (κ2) is 7.79. The van der Waals surface area contributed by atoms with Gasteiger partial charge in [0, 0.05) is 19.0 Å². The van der Waals surface area contributed by atoms with Gasteiger partial charge in [-0.25, -0.2) is 0 Å². The Kier molecular flexibility index (Phi) is 6.36. The van der Waals surface area contributed by atoms with Gasteiger partial charge in [0.1, 0.15) is 5.75 Å². The summed E-state index contributed by atoms with van der Waals surface area (Å²) in [4.78, 5) is 11.5. The van der Waals surface area contributed by atoms with E-state index in [0.717, 1.165) is 24.2 Å². The second-order valence-corrected chi connectivity index (χ2v) is 4.78. The van der Waals surface area contributed by atoms with Crippen LogP contribution in [0.3, 0.4) is 0 Å². The first-order valence-electron chi connectivity index (χ1n) is 6.74. The highest BCUT2D eigenvalue weighted by molar-refractivity contribution is 5.76. The summed E-state index contributed by atoms with van der Waals surface area (Å²) in [7, 11) is 1.67. The predicted octanol–water partition coefficient (Wildman–Crippen LogP) is 1.65. The molecule has 4 heteroatoms. The lowest BCUT2D eigenvalue weighted by Crippen LogP contribution is -2.31. The number of carbonyl (C=O) groups is 1. The van der Waals surface area contributed by atoms with Gasteiger partial charge >= 0.3 is 0 Å². The molecule has 0 heterocycles. The third-order valence-electron chi connectivity index (χ3n) is 2.98. The molecule has 4 nitrogen and oxygen atoms in total. The summed E-state index contributed by atoms with van der Waals surface area (Å²) >= 11 is 0. The molecular formula is C15H24N2O2. The fourth-order valence-corrected chi connectivity index (χ4v) is 1.95. The number of aryl methyl sites for hydroxylation is 1. The van der Waals surface area contributed by atoms with E-state index in [1.165, 1.54) is 5.56 Å². The molecule has 0 aliphatic carbocycles. The average molecular weight is 264 g/mol. The summed E-state index contributed by atoms with van der Waals surface area (Å²) in [6.45, 7) is 4.55. The number of hydrogen-bond donors (Lipinski definition) is 2. The first-order chi connectivity index (χ1) is 9.06. The van der Waals surface area contributed by atoms with Crippen molar-refractivity contribution in [3.05, 3.63) is 29.3 Å². The number of methoxy groups -OCH3 is 1. The predicted molar refractivity (Wildman–Crippen MR) is 77.4 cm³/mol. The van der Waals surface area contributed by atoms with Crippen molar-refractivity contribution in [2.45, 2.75) is 39.2 Å². The smallest absolute Gasteiger partial charge is 0.221 e. The average Bonchev–Trinajstić information content (AvgIpc) is 2.37. The fraction of sp³-hybridized carbons (Fsp3) is 0.533. The SMILES string of the molecule is CCc1ccc(OC)c(CCNC(=O)CC(C)N)c1. The van der Waals surface area contributed by atoms with Crippen molar-refractivity contribution >= 4 is 5.91 Å². The van der Waals surface area contributed by atoms with Crippen LogP contribution in [-0.2, 0) is 17.6 Å². The number of benzene rings is 1. The lowest BCUT2D eigenvalue weighted by atomic mass is 10.1. The zero-order valence-electron chi connectivity index (χ0n) is 12.0. The number of nitrogens with one attached hydrogen (secondary N) is 1. The van der Waals surface area contributed by atoms with Crippen LogP contribution in [0.2, 0.25) is 0 Å². The Labute approximate surface area is 115 Å². The molecular weight excluding hydrogens is 240 g/mol. The summed E-state index contributed by atoms with van der Waals surface area (Å²) in [6.07, 6.45) is 2.13. The number of ether oxygens (including phenoxy) is 1. The van der Waals surface area contributed by atoms with Crippen LogP contribution in [0.5, 0.6) is 5.75 Å². The maximum absolute atomic E-state index is 11.5. The highest BCUT2D eigenvalue weighted by Crippen LogP contribution is 2.20. The molecule has 3 N–H and O–H groups in total. The van der Waals surface area contributed by atoms with E-state index in [1.807, 2.05) is 13.0 Å². The van der Waals surface area contributed by atoms with Gasteiger partial charge in [0.15, 0.2) is 0 Å². The molecule has 1 aromatic rings. The van der Waals surface area contributed by atoms with E-state index in [9.17, 15) is 4.79 Å². The largest absolute Gasteiger partial charge is 0.496 e. The third-order valence-corrected chi connectivity index (χ3v) is 2.98. The Morgan fingerprint density at radius 3 is 2.79 bits per heavy atom. The molecule has 1 amide bonds. The van der Waals surface area contributed by atoms with Crippen LogP contribution >= 0.6 is 0 Å². The summed E-state index contributed by atoms with van der Waals surface area (Å²) in [5.41, 5.74) is 7.98. The monoisotopic (exact) mass is 264 g/mol. The fourth-order valence-electron chi connectivity index (χ4n) is 1.95. The normalized spacial score (nSPS) is 12.0. The Balaban J connectivity index is 2.54. The van der Waals surface area contributed by atoms with E-state index in [0.29, 0.717) is 13.0 Å². The van der Waals surface area contributed by atoms with Crippen LogP contribution in [0, 0.1) is 0 Å². The molecule has 1 unspecified atom stereocenters. The van der Waals surface area contributed by atoms with Gasteiger partial charge in [-0.1, -0.05) is 19.1 Å². The molecule has 1 atom stereocenters. The Morgan fingerprint density at radius 1 is 1.47 bits per heavy atom. The molecule has 0 bridgehead atoms. The highest BCUT2D eigenvalue weighted by Gasteiger charge is 2.07. The molecule has 19 heavy (non-hydrogen) atoms. The maximum atomic E-state index is 11.5. The highest BCUT2D eigenvalue weighted by atomic mass is 16.5. The minimum Gasteiger partial charge on any atom is -0.496 e. The topological polar surface area (TPSA) is 64.3 Å². The van der Waals surface area contributed by atoms with Crippen molar-refractivity contribution in [2.24, 2.45) is 5.73 Å². The van der Waals surface area contributed by atoms with Gasteiger partial charge in [0.2, 0.25) is 5.91 Å². The van der Waals surface area contributed by atoms with Gasteiger partial charge in [0.25, 0.3) is 0 Å². The van der Waals surface area contributed by atoms with Crippen molar-refractivity contribution in [1.29, 1.82) is 0 Å². The van der Waals surface area contributed by atoms with Gasteiger partial charge in [-0.05, 0) is 37.0 Å². The lowest BCUT2D eigenvalue weighted by Gasteiger charge is -2.11. The minimum absolute atomic E-state index is 0.000568. The quantitative estimate of drug-likeness (QED) is 0.787. The van der Waals surface area contributed by atoms with Gasteiger partial charge in [0.05, 0.1) is 7.11 Å². The molecule has 0 aliphatic rings. The number of rotatable bonds is 7. The zero-order chi connectivity index (χ0) is 14.3. The van der Waals surface area contributed by atoms with E-state index >= 15 is 0 Å². The van der Waals surface area contributed by atoms with Crippen molar-refractivity contribution in [3.63, 3.8) is 0 Å². The van der Waals surface area contributed by atoms with Crippen molar-refractivity contribution in [1.82, 2.24) is 5.32 Å². The molecule has 0 saturated heterocycles. The standard InChI is InChI=1S/C15H24N2O2/c1-4-12-5-6-14(19-3)13(10-12)7-8-17-15(18)9-11(2)16/h5-6,10-11H,4,7-9,16H2,1-3H3,(H,17,18). The first-order valence-corrected chi connectivity index (χ1v) is 6.74. The van der Waals surface area contributed by atoms with Crippen LogP contribution in [0.1, 0.15) is 31.4 Å². The van der Waals surface area contributed by atoms with E-state index in [1.54, 1.807) is 7.11 Å². The zero-order valence-corrected chi connectivity index (χ0v) is 12.0. The van der Waals surface area contributed by atoms with Crippen LogP contribution < -0.4 is 15.8 Å². The van der Waals surface area contributed by atoms with Gasteiger partial charge < -0.3 is 15.8 Å².